The largest absolute Gasteiger partial charge is 0.354 e. The van der Waals surface area contributed by atoms with E-state index >= 15 is 0 Å². The molecule has 0 aromatic carbocycles. The highest BCUT2D eigenvalue weighted by atomic mass is 16.8. The smallest absolute Gasteiger partial charge is 0.174 e. The van der Waals surface area contributed by atoms with Crippen molar-refractivity contribution in [3.05, 3.63) is 0 Å². The number of nitrogens with one attached hydrogen (secondary N) is 1. The minimum atomic E-state index is -0.162. The number of ether oxygens (including phenoxy) is 1. The topological polar surface area (TPSA) is 30.5 Å². The van der Waals surface area contributed by atoms with Gasteiger partial charge < -0.3 is 4.74 Å². The van der Waals surface area contributed by atoms with Crippen LogP contribution < -0.4 is 5.48 Å². The van der Waals surface area contributed by atoms with Crippen LogP contribution in [-0.2, 0) is 9.57 Å². The van der Waals surface area contributed by atoms with Crippen LogP contribution in [0, 0.1) is 0 Å². The van der Waals surface area contributed by atoms with Crippen LogP contribution in [0.5, 0.6) is 0 Å². The van der Waals surface area contributed by atoms with Crippen LogP contribution in [-0.4, -0.2) is 20.4 Å². The zero-order valence-corrected chi connectivity index (χ0v) is 4.89. The maximum Gasteiger partial charge on any atom is 0.174 e. The molecule has 0 aliphatic carbocycles. The van der Waals surface area contributed by atoms with E-state index < -0.39 is 0 Å². The molecule has 44 valence electrons. The molecule has 1 atom stereocenters. The maximum atomic E-state index is 4.72. The molecule has 3 heteroatoms. The summed E-state index contributed by atoms with van der Waals surface area (Å²) >= 11 is 0. The van der Waals surface area contributed by atoms with Gasteiger partial charge in [0.15, 0.2) is 6.29 Å². The molecule has 0 aromatic rings. The van der Waals surface area contributed by atoms with E-state index in [0.717, 1.165) is 0 Å². The first-order valence-electron chi connectivity index (χ1n) is 2.16. The van der Waals surface area contributed by atoms with E-state index in [1.807, 2.05) is 0 Å². The Morgan fingerprint density at radius 3 is 2.29 bits per heavy atom. The lowest BCUT2D eigenvalue weighted by Gasteiger charge is -2.06. The fourth-order valence-corrected chi connectivity index (χ4v) is 0.214. The van der Waals surface area contributed by atoms with Crippen molar-refractivity contribution in [2.75, 3.05) is 14.2 Å². The average Bonchev–Trinajstić information content (AvgIpc) is 1.68. The van der Waals surface area contributed by atoms with Crippen LogP contribution in [0.2, 0.25) is 0 Å². The number of rotatable bonds is 3. The zero-order valence-electron chi connectivity index (χ0n) is 4.89. The Hall–Kier alpha value is -0.120. The summed E-state index contributed by atoms with van der Waals surface area (Å²) in [5, 5.41) is 0. The molecular weight excluding hydrogens is 94.0 g/mol. The molecule has 0 amide bonds. The number of hydrogen-bond donors (Lipinski definition) is 1. The van der Waals surface area contributed by atoms with Crippen molar-refractivity contribution in [2.24, 2.45) is 0 Å². The van der Waals surface area contributed by atoms with Gasteiger partial charge >= 0.3 is 0 Å². The predicted molar refractivity (Wildman–Crippen MR) is 26.6 cm³/mol. The standard InChI is InChI=1S/C4H11NO2/c1-4(6-3)7-5-2/h4-5H,1-3H3. The molecule has 1 N–H and O–H groups in total. The minimum absolute atomic E-state index is 0.162. The SMILES string of the molecule is CNOC(C)OC. The second-order valence-corrected chi connectivity index (χ2v) is 1.13. The summed E-state index contributed by atoms with van der Waals surface area (Å²) in [4.78, 5) is 4.72. The summed E-state index contributed by atoms with van der Waals surface area (Å²) in [5.74, 6) is 0. The highest BCUT2D eigenvalue weighted by molar-refractivity contribution is 4.18. The van der Waals surface area contributed by atoms with E-state index in [1.54, 1.807) is 21.1 Å². The monoisotopic (exact) mass is 105 g/mol. The van der Waals surface area contributed by atoms with Crippen molar-refractivity contribution in [1.82, 2.24) is 5.48 Å². The molecule has 0 aliphatic rings. The Bertz CT molecular complexity index is 40.7. The Labute approximate surface area is 43.6 Å². The highest BCUT2D eigenvalue weighted by Gasteiger charge is 1.92. The molecule has 0 fully saturated rings. The lowest BCUT2D eigenvalue weighted by atomic mass is 10.8. The van der Waals surface area contributed by atoms with Gasteiger partial charge in [-0.3, -0.25) is 4.84 Å². The van der Waals surface area contributed by atoms with Crippen LogP contribution in [0.25, 0.3) is 0 Å². The van der Waals surface area contributed by atoms with E-state index in [2.05, 4.69) is 5.48 Å². The summed E-state index contributed by atoms with van der Waals surface area (Å²) in [6.07, 6.45) is -0.162. The van der Waals surface area contributed by atoms with Crippen molar-refractivity contribution < 1.29 is 9.57 Å². The molecule has 0 saturated carbocycles. The normalized spacial score (nSPS) is 14.1. The van der Waals surface area contributed by atoms with Crippen molar-refractivity contribution in [1.29, 1.82) is 0 Å². The van der Waals surface area contributed by atoms with Crippen molar-refractivity contribution in [3.63, 3.8) is 0 Å². The van der Waals surface area contributed by atoms with Crippen molar-refractivity contribution in [2.45, 2.75) is 13.2 Å². The first-order chi connectivity index (χ1) is 3.31. The minimum Gasteiger partial charge on any atom is -0.354 e. The number of hydrogen-bond acceptors (Lipinski definition) is 3. The van der Waals surface area contributed by atoms with E-state index in [1.165, 1.54) is 0 Å². The number of methoxy groups -OCH3 is 1. The van der Waals surface area contributed by atoms with Gasteiger partial charge in [-0.1, -0.05) is 0 Å². The summed E-state index contributed by atoms with van der Waals surface area (Å²) in [7, 11) is 3.28. The average molecular weight is 105 g/mol. The van der Waals surface area contributed by atoms with Gasteiger partial charge in [0, 0.05) is 14.2 Å². The molecular formula is C4H11NO2. The van der Waals surface area contributed by atoms with Crippen molar-refractivity contribution >= 4 is 0 Å². The molecule has 0 spiro atoms. The van der Waals surface area contributed by atoms with Crippen LogP contribution in [0.4, 0.5) is 0 Å². The zero-order chi connectivity index (χ0) is 5.70. The van der Waals surface area contributed by atoms with Gasteiger partial charge in [0.05, 0.1) is 0 Å². The second-order valence-electron chi connectivity index (χ2n) is 1.13. The van der Waals surface area contributed by atoms with E-state index in [4.69, 9.17) is 9.57 Å². The predicted octanol–water partition coefficient (Wildman–Crippen LogP) is 0.130. The third-order valence-electron chi connectivity index (χ3n) is 0.616. The van der Waals surface area contributed by atoms with E-state index in [9.17, 15) is 0 Å². The molecule has 1 unspecified atom stereocenters. The molecule has 0 aromatic heterocycles. The molecule has 3 nitrogen and oxygen atoms in total. The summed E-state index contributed by atoms with van der Waals surface area (Å²) in [6.45, 7) is 1.80. The number of hydroxylamine groups is 1. The quantitative estimate of drug-likeness (QED) is 0.409. The Kier molecular flexibility index (Phi) is 3.98. The first-order valence-corrected chi connectivity index (χ1v) is 2.16. The van der Waals surface area contributed by atoms with Crippen molar-refractivity contribution in [3.8, 4) is 0 Å². The summed E-state index contributed by atoms with van der Waals surface area (Å²) < 4.78 is 4.71. The molecule has 0 radical (unpaired) electrons. The van der Waals surface area contributed by atoms with Crippen LogP contribution in [0.15, 0.2) is 0 Å². The van der Waals surface area contributed by atoms with Gasteiger partial charge in [-0.25, -0.2) is 5.48 Å². The summed E-state index contributed by atoms with van der Waals surface area (Å²) in [6, 6.07) is 0. The third kappa shape index (κ3) is 3.72. The Morgan fingerprint density at radius 2 is 2.14 bits per heavy atom. The fourth-order valence-electron chi connectivity index (χ4n) is 0.214. The van der Waals surface area contributed by atoms with Gasteiger partial charge in [-0.2, -0.15) is 0 Å². The Morgan fingerprint density at radius 1 is 1.57 bits per heavy atom. The van der Waals surface area contributed by atoms with Gasteiger partial charge in [-0.15, -0.1) is 0 Å². The lowest BCUT2D eigenvalue weighted by Crippen LogP contribution is -2.18. The molecule has 0 aliphatic heterocycles. The van der Waals surface area contributed by atoms with Gasteiger partial charge in [0.2, 0.25) is 0 Å². The van der Waals surface area contributed by atoms with Crippen LogP contribution >= 0.6 is 0 Å². The Balaban J connectivity index is 2.83. The fraction of sp³-hybridized carbons (Fsp3) is 1.00. The van der Waals surface area contributed by atoms with E-state index in [-0.39, 0.29) is 6.29 Å². The molecule has 7 heavy (non-hydrogen) atoms. The van der Waals surface area contributed by atoms with Gasteiger partial charge in [-0.05, 0) is 6.92 Å². The molecule has 0 bridgehead atoms. The van der Waals surface area contributed by atoms with Gasteiger partial charge in [0.1, 0.15) is 0 Å². The maximum absolute atomic E-state index is 4.72. The van der Waals surface area contributed by atoms with Crippen LogP contribution in [0.1, 0.15) is 6.92 Å². The first kappa shape index (κ1) is 6.88. The summed E-state index contributed by atoms with van der Waals surface area (Å²) in [5.41, 5.74) is 2.49. The van der Waals surface area contributed by atoms with E-state index in [0.29, 0.717) is 0 Å². The van der Waals surface area contributed by atoms with Crippen LogP contribution in [0.3, 0.4) is 0 Å². The second kappa shape index (κ2) is 4.05. The third-order valence-corrected chi connectivity index (χ3v) is 0.616. The van der Waals surface area contributed by atoms with Gasteiger partial charge in [0.25, 0.3) is 0 Å². The molecule has 0 heterocycles. The lowest BCUT2D eigenvalue weighted by molar-refractivity contribution is -0.147. The molecule has 0 rings (SSSR count). The highest BCUT2D eigenvalue weighted by Crippen LogP contribution is 1.82. The molecule has 0 saturated heterocycles.